The molecule has 0 spiro atoms. The Morgan fingerprint density at radius 2 is 1.82 bits per heavy atom. The fraction of sp³-hybridized carbons (Fsp3) is 0.900. The van der Waals surface area contributed by atoms with Gasteiger partial charge in [-0.2, -0.15) is 11.8 Å². The van der Waals surface area contributed by atoms with Crippen LogP contribution >= 0.6 is 35.7 Å². The summed E-state index contributed by atoms with van der Waals surface area (Å²) in [4.78, 5) is 21.0. The Kier molecular flexibility index (Phi) is 12.2. The van der Waals surface area contributed by atoms with Crippen molar-refractivity contribution in [2.75, 3.05) is 46.0 Å². The number of halogens is 1. The van der Waals surface area contributed by atoms with Gasteiger partial charge < -0.3 is 19.9 Å². The fourth-order valence-corrected chi connectivity index (χ4v) is 3.21. The van der Waals surface area contributed by atoms with E-state index in [9.17, 15) is 4.79 Å². The molecule has 1 heterocycles. The van der Waals surface area contributed by atoms with E-state index < -0.39 is 5.60 Å². The van der Waals surface area contributed by atoms with Crippen LogP contribution in [0.15, 0.2) is 4.99 Å². The van der Waals surface area contributed by atoms with Gasteiger partial charge in [0.15, 0.2) is 5.96 Å². The summed E-state index contributed by atoms with van der Waals surface area (Å²) in [5.41, 5.74) is -0.448. The van der Waals surface area contributed by atoms with Crippen LogP contribution in [0.2, 0.25) is 0 Å². The predicted octanol–water partition coefficient (Wildman–Crippen LogP) is 4.29. The van der Waals surface area contributed by atoms with Crippen LogP contribution in [-0.2, 0) is 4.74 Å². The van der Waals surface area contributed by atoms with Gasteiger partial charge in [-0.25, -0.2) is 4.79 Å². The van der Waals surface area contributed by atoms with Crippen molar-refractivity contribution in [3.8, 4) is 0 Å². The molecule has 1 aliphatic heterocycles. The van der Waals surface area contributed by atoms with Crippen molar-refractivity contribution in [3.63, 3.8) is 0 Å². The largest absolute Gasteiger partial charge is 0.444 e. The molecule has 28 heavy (non-hydrogen) atoms. The molecule has 0 aromatic heterocycles. The number of thioether (sulfide) groups is 1. The lowest BCUT2D eigenvalue weighted by molar-refractivity contribution is 0.0214. The summed E-state index contributed by atoms with van der Waals surface area (Å²) in [7, 11) is 1.85. The number of amides is 1. The fourth-order valence-electron chi connectivity index (χ4n) is 2.99. The molecule has 0 radical (unpaired) electrons. The van der Waals surface area contributed by atoms with E-state index in [4.69, 9.17) is 4.74 Å². The normalized spacial score (nSPS) is 16.4. The van der Waals surface area contributed by atoms with E-state index >= 15 is 0 Å². The minimum absolute atomic E-state index is 0. The van der Waals surface area contributed by atoms with Crippen LogP contribution in [0.4, 0.5) is 4.79 Å². The van der Waals surface area contributed by atoms with Gasteiger partial charge in [-0.1, -0.05) is 0 Å². The lowest BCUT2D eigenvalue weighted by atomic mass is 9.96. The zero-order valence-electron chi connectivity index (χ0n) is 19.0. The van der Waals surface area contributed by atoms with Crippen molar-refractivity contribution in [2.24, 2.45) is 10.9 Å². The van der Waals surface area contributed by atoms with Gasteiger partial charge >= 0.3 is 6.09 Å². The Morgan fingerprint density at radius 1 is 1.25 bits per heavy atom. The topological polar surface area (TPSA) is 57.2 Å². The van der Waals surface area contributed by atoms with E-state index in [-0.39, 0.29) is 34.8 Å². The number of rotatable bonds is 6. The summed E-state index contributed by atoms with van der Waals surface area (Å²) in [6.45, 7) is 16.5. The molecular formula is C20H41IN4O2S. The lowest BCUT2D eigenvalue weighted by Crippen LogP contribution is -2.49. The first-order chi connectivity index (χ1) is 12.5. The van der Waals surface area contributed by atoms with Crippen molar-refractivity contribution in [1.82, 2.24) is 15.1 Å². The Labute approximate surface area is 193 Å². The van der Waals surface area contributed by atoms with Gasteiger partial charge in [0.2, 0.25) is 0 Å². The summed E-state index contributed by atoms with van der Waals surface area (Å²) in [5, 5.41) is 3.51. The highest BCUT2D eigenvalue weighted by Crippen LogP contribution is 2.22. The zero-order valence-corrected chi connectivity index (χ0v) is 22.1. The van der Waals surface area contributed by atoms with E-state index in [2.05, 4.69) is 35.3 Å². The Bertz CT molecular complexity index is 501. The number of hydrogen-bond acceptors (Lipinski definition) is 4. The second-order valence-electron chi connectivity index (χ2n) is 8.81. The van der Waals surface area contributed by atoms with Gasteiger partial charge in [0.25, 0.3) is 0 Å². The van der Waals surface area contributed by atoms with E-state index in [0.717, 1.165) is 45.0 Å². The summed E-state index contributed by atoms with van der Waals surface area (Å²) >= 11 is 1.86. The van der Waals surface area contributed by atoms with Gasteiger partial charge in [0.05, 0.1) is 0 Å². The average molecular weight is 529 g/mol. The first kappa shape index (κ1) is 27.6. The van der Waals surface area contributed by atoms with Crippen LogP contribution in [0.3, 0.4) is 0 Å². The Morgan fingerprint density at radius 3 is 2.25 bits per heavy atom. The summed E-state index contributed by atoms with van der Waals surface area (Å²) in [6.07, 6.45) is 4.06. The highest BCUT2D eigenvalue weighted by Gasteiger charge is 2.27. The van der Waals surface area contributed by atoms with E-state index in [0.29, 0.717) is 12.5 Å². The summed E-state index contributed by atoms with van der Waals surface area (Å²) in [6, 6.07) is 0. The maximum absolute atomic E-state index is 12.4. The van der Waals surface area contributed by atoms with Crippen molar-refractivity contribution in [2.45, 2.75) is 64.7 Å². The third kappa shape index (κ3) is 9.89. The van der Waals surface area contributed by atoms with Crippen molar-refractivity contribution >= 4 is 47.8 Å². The van der Waals surface area contributed by atoms with Crippen molar-refractivity contribution in [1.29, 1.82) is 0 Å². The number of guanidine groups is 1. The lowest BCUT2D eigenvalue weighted by Gasteiger charge is -2.37. The summed E-state index contributed by atoms with van der Waals surface area (Å²) in [5.74, 6) is 1.49. The van der Waals surface area contributed by atoms with E-state index in [1.807, 2.05) is 51.4 Å². The van der Waals surface area contributed by atoms with Crippen LogP contribution in [0.5, 0.6) is 0 Å². The number of nitrogens with zero attached hydrogens (tertiary/aromatic N) is 3. The minimum Gasteiger partial charge on any atom is -0.444 e. The third-order valence-corrected chi connectivity index (χ3v) is 6.11. The molecule has 1 rings (SSSR count). The molecule has 1 aliphatic rings. The van der Waals surface area contributed by atoms with Gasteiger partial charge in [0, 0.05) is 44.5 Å². The van der Waals surface area contributed by atoms with Gasteiger partial charge in [-0.05, 0) is 66.6 Å². The van der Waals surface area contributed by atoms with Gasteiger partial charge in [0.1, 0.15) is 5.60 Å². The molecule has 0 aromatic carbocycles. The number of nitrogens with one attached hydrogen (secondary N) is 1. The maximum Gasteiger partial charge on any atom is 0.410 e. The SMILES string of the molecule is CCN(CC1CCN(C(=NC)NCC(C)(C)SC)CC1)C(=O)OC(C)(C)C.I. The average Bonchev–Trinajstić information content (AvgIpc) is 2.59. The minimum atomic E-state index is -0.448. The molecular weight excluding hydrogens is 487 g/mol. The molecule has 0 atom stereocenters. The first-order valence-electron chi connectivity index (χ1n) is 10.00. The molecule has 8 heteroatoms. The molecule has 0 aromatic rings. The molecule has 6 nitrogen and oxygen atoms in total. The molecule has 1 fully saturated rings. The number of hydrogen-bond donors (Lipinski definition) is 1. The van der Waals surface area contributed by atoms with Crippen molar-refractivity contribution < 1.29 is 9.53 Å². The molecule has 1 amide bonds. The number of aliphatic imine (C=N–C) groups is 1. The van der Waals surface area contributed by atoms with Gasteiger partial charge in [-0.15, -0.1) is 24.0 Å². The molecule has 0 unspecified atom stereocenters. The maximum atomic E-state index is 12.4. The molecule has 1 N–H and O–H groups in total. The number of carbonyl (C=O) groups is 1. The number of carbonyl (C=O) groups excluding carboxylic acids is 1. The van der Waals surface area contributed by atoms with Crippen LogP contribution in [0, 0.1) is 5.92 Å². The number of likely N-dealkylation sites (tertiary alicyclic amines) is 1. The highest BCUT2D eigenvalue weighted by atomic mass is 127. The molecule has 0 bridgehead atoms. The monoisotopic (exact) mass is 528 g/mol. The molecule has 0 saturated carbocycles. The zero-order chi connectivity index (χ0) is 20.7. The van der Waals surface area contributed by atoms with Crippen LogP contribution < -0.4 is 5.32 Å². The molecule has 0 aliphatic carbocycles. The van der Waals surface area contributed by atoms with E-state index in [1.165, 1.54) is 0 Å². The van der Waals surface area contributed by atoms with Gasteiger partial charge in [-0.3, -0.25) is 4.99 Å². The predicted molar refractivity (Wildman–Crippen MR) is 132 cm³/mol. The number of ether oxygens (including phenoxy) is 1. The standard InChI is InChI=1S/C20H40N4O2S.HI/c1-9-23(18(25)26-19(2,3)4)14-16-10-12-24(13-11-16)17(21-7)22-15-20(5,6)27-8;/h16H,9-15H2,1-8H3,(H,21,22);1H. The van der Waals surface area contributed by atoms with Crippen LogP contribution in [0.25, 0.3) is 0 Å². The Hall–Kier alpha value is -0.380. The smallest absolute Gasteiger partial charge is 0.410 e. The van der Waals surface area contributed by atoms with E-state index in [1.54, 1.807) is 0 Å². The quantitative estimate of drug-likeness (QED) is 0.317. The third-order valence-electron chi connectivity index (χ3n) is 4.86. The molecule has 166 valence electrons. The van der Waals surface area contributed by atoms with Crippen LogP contribution in [-0.4, -0.2) is 78.2 Å². The first-order valence-corrected chi connectivity index (χ1v) is 11.2. The summed E-state index contributed by atoms with van der Waals surface area (Å²) < 4.78 is 5.71. The Balaban J connectivity index is 0.00000729. The second-order valence-corrected chi connectivity index (χ2v) is 10.3. The van der Waals surface area contributed by atoms with Crippen LogP contribution in [0.1, 0.15) is 54.4 Å². The second kappa shape index (κ2) is 12.3. The number of piperidine rings is 1. The highest BCUT2D eigenvalue weighted by molar-refractivity contribution is 14.0. The van der Waals surface area contributed by atoms with Crippen molar-refractivity contribution in [3.05, 3.63) is 0 Å². The molecule has 1 saturated heterocycles.